The van der Waals surface area contributed by atoms with Crippen molar-refractivity contribution in [1.82, 2.24) is 25.1 Å². The lowest BCUT2D eigenvalue weighted by Crippen LogP contribution is -2.29. The van der Waals surface area contributed by atoms with Crippen LogP contribution in [0.2, 0.25) is 0 Å². The molecule has 1 aliphatic rings. The Morgan fingerprint density at radius 2 is 1.73 bits per heavy atom. The fourth-order valence-corrected chi connectivity index (χ4v) is 3.93. The second-order valence-corrected chi connectivity index (χ2v) is 7.29. The summed E-state index contributed by atoms with van der Waals surface area (Å²) in [6, 6.07) is 16.2. The van der Waals surface area contributed by atoms with E-state index in [0.717, 1.165) is 53.8 Å². The number of aromatic amines is 1. The molecule has 4 aromatic rings. The number of halogens is 2. The number of hydrogen-bond donors (Lipinski definition) is 2. The Bertz CT molecular complexity index is 1040. The van der Waals surface area contributed by atoms with Crippen LogP contribution in [0.15, 0.2) is 65.5 Å². The minimum atomic E-state index is 0. The number of benzene rings is 1. The first-order chi connectivity index (χ1) is 13.9. The van der Waals surface area contributed by atoms with Crippen molar-refractivity contribution in [2.75, 3.05) is 13.1 Å². The van der Waals surface area contributed by atoms with Gasteiger partial charge in [-0.3, -0.25) is 5.10 Å². The minimum Gasteiger partial charge on any atom is -0.453 e. The van der Waals surface area contributed by atoms with Crippen LogP contribution in [0.4, 0.5) is 0 Å². The topological polar surface area (TPSA) is 71.7 Å². The van der Waals surface area contributed by atoms with E-state index in [2.05, 4.69) is 32.2 Å². The van der Waals surface area contributed by atoms with E-state index < -0.39 is 0 Å². The zero-order valence-electron chi connectivity index (χ0n) is 16.5. The Kier molecular flexibility index (Phi) is 7.37. The molecule has 158 valence electrons. The molecule has 8 heteroatoms. The number of rotatable bonds is 5. The Labute approximate surface area is 187 Å². The maximum absolute atomic E-state index is 6.22. The van der Waals surface area contributed by atoms with E-state index in [1.807, 2.05) is 42.7 Å². The number of imidazole rings is 1. The fourth-order valence-electron chi connectivity index (χ4n) is 3.93. The maximum Gasteiger partial charge on any atom is 0.153 e. The van der Waals surface area contributed by atoms with Crippen molar-refractivity contribution in [1.29, 1.82) is 0 Å². The van der Waals surface area contributed by atoms with E-state index in [0.29, 0.717) is 5.92 Å². The highest BCUT2D eigenvalue weighted by Gasteiger charge is 2.22. The van der Waals surface area contributed by atoms with Gasteiger partial charge in [-0.15, -0.1) is 24.8 Å². The van der Waals surface area contributed by atoms with Gasteiger partial charge < -0.3 is 14.3 Å². The normalized spacial score (nSPS) is 14.1. The summed E-state index contributed by atoms with van der Waals surface area (Å²) in [4.78, 5) is 4.77. The van der Waals surface area contributed by atoms with Crippen molar-refractivity contribution in [2.45, 2.75) is 19.4 Å². The first-order valence-electron chi connectivity index (χ1n) is 9.80. The van der Waals surface area contributed by atoms with Crippen LogP contribution in [-0.2, 0) is 6.54 Å². The van der Waals surface area contributed by atoms with Gasteiger partial charge in [0.2, 0.25) is 0 Å². The summed E-state index contributed by atoms with van der Waals surface area (Å²) < 4.78 is 8.48. The number of piperidine rings is 1. The van der Waals surface area contributed by atoms with Crippen LogP contribution in [0.1, 0.15) is 12.8 Å². The van der Waals surface area contributed by atoms with Crippen LogP contribution < -0.4 is 5.32 Å². The van der Waals surface area contributed by atoms with Crippen molar-refractivity contribution in [3.8, 4) is 34.2 Å². The van der Waals surface area contributed by atoms with Crippen LogP contribution in [-0.4, -0.2) is 32.8 Å². The van der Waals surface area contributed by atoms with E-state index in [-0.39, 0.29) is 24.8 Å². The van der Waals surface area contributed by atoms with Gasteiger partial charge >= 0.3 is 0 Å². The summed E-state index contributed by atoms with van der Waals surface area (Å²) in [7, 11) is 0. The van der Waals surface area contributed by atoms with E-state index in [1.54, 1.807) is 6.20 Å². The lowest BCUT2D eigenvalue weighted by molar-refractivity contribution is 0.333. The van der Waals surface area contributed by atoms with Gasteiger partial charge in [-0.05, 0) is 50.0 Å². The number of aromatic nitrogens is 4. The number of hydrogen-bond acceptors (Lipinski definition) is 4. The monoisotopic (exact) mass is 445 g/mol. The summed E-state index contributed by atoms with van der Waals surface area (Å²) in [6.45, 7) is 3.13. The van der Waals surface area contributed by atoms with Gasteiger partial charge in [-0.2, -0.15) is 5.10 Å². The van der Waals surface area contributed by atoms with Crippen LogP contribution in [0.25, 0.3) is 34.2 Å². The average Bonchev–Trinajstić information content (AvgIpc) is 3.49. The van der Waals surface area contributed by atoms with Gasteiger partial charge in [0.1, 0.15) is 11.4 Å². The molecule has 1 aliphatic heterocycles. The van der Waals surface area contributed by atoms with E-state index in [1.165, 1.54) is 12.8 Å². The number of nitrogens with one attached hydrogen (secondary N) is 2. The Balaban J connectivity index is 0.00000128. The van der Waals surface area contributed by atoms with Crippen LogP contribution >= 0.6 is 24.8 Å². The van der Waals surface area contributed by atoms with Crippen molar-refractivity contribution in [3.05, 3.63) is 61.1 Å². The van der Waals surface area contributed by atoms with Gasteiger partial charge in [-0.1, -0.05) is 30.3 Å². The molecule has 3 aromatic heterocycles. The van der Waals surface area contributed by atoms with Crippen molar-refractivity contribution < 1.29 is 4.42 Å². The first kappa shape index (κ1) is 22.2. The number of nitrogens with zero attached hydrogens (tertiary/aromatic N) is 3. The predicted molar refractivity (Wildman–Crippen MR) is 123 cm³/mol. The average molecular weight is 446 g/mol. The smallest absolute Gasteiger partial charge is 0.153 e. The van der Waals surface area contributed by atoms with Crippen LogP contribution in [0.5, 0.6) is 0 Å². The van der Waals surface area contributed by atoms with Gasteiger partial charge in [0.15, 0.2) is 11.5 Å². The highest BCUT2D eigenvalue weighted by molar-refractivity contribution is 5.85. The second-order valence-electron chi connectivity index (χ2n) is 7.29. The standard InChI is InChI=1S/C22H23N5O.2ClH/c1-2-4-17(5-3-1)21-22(20-7-6-19(28-20)18-10-13-25-26-18)27(15-24-21)14-16-8-11-23-12-9-16;;/h1-7,10,13,15-16,23H,8-9,11-12,14H2,(H,25,26);2*1H. The lowest BCUT2D eigenvalue weighted by atomic mass is 9.98. The SMILES string of the molecule is Cl.Cl.c1ccc(-c2ncn(CC3CCNCC3)c2-c2ccc(-c3ccn[nH]3)o2)cc1. The van der Waals surface area contributed by atoms with Crippen molar-refractivity contribution in [2.24, 2.45) is 5.92 Å². The highest BCUT2D eigenvalue weighted by atomic mass is 35.5. The van der Waals surface area contributed by atoms with Gasteiger partial charge in [0.05, 0.1) is 12.0 Å². The molecule has 0 atom stereocenters. The Morgan fingerprint density at radius 1 is 0.967 bits per heavy atom. The lowest BCUT2D eigenvalue weighted by Gasteiger charge is -2.23. The summed E-state index contributed by atoms with van der Waals surface area (Å²) in [5.74, 6) is 2.26. The third-order valence-corrected chi connectivity index (χ3v) is 5.40. The highest BCUT2D eigenvalue weighted by Crippen LogP contribution is 2.35. The minimum absolute atomic E-state index is 0. The van der Waals surface area contributed by atoms with E-state index in [9.17, 15) is 0 Å². The zero-order chi connectivity index (χ0) is 18.8. The fraction of sp³-hybridized carbons (Fsp3) is 0.273. The van der Waals surface area contributed by atoms with Gasteiger partial charge in [-0.25, -0.2) is 4.98 Å². The molecule has 0 spiro atoms. The molecule has 2 N–H and O–H groups in total. The van der Waals surface area contributed by atoms with Gasteiger partial charge in [0.25, 0.3) is 0 Å². The molecule has 6 nitrogen and oxygen atoms in total. The van der Waals surface area contributed by atoms with E-state index in [4.69, 9.17) is 9.40 Å². The molecule has 1 saturated heterocycles. The Morgan fingerprint density at radius 3 is 2.47 bits per heavy atom. The third kappa shape index (κ3) is 4.46. The molecule has 0 amide bonds. The summed E-state index contributed by atoms with van der Waals surface area (Å²) >= 11 is 0. The quantitative estimate of drug-likeness (QED) is 0.451. The zero-order valence-corrected chi connectivity index (χ0v) is 18.1. The molecule has 0 aliphatic carbocycles. The Hall–Kier alpha value is -2.54. The summed E-state index contributed by atoms with van der Waals surface area (Å²) in [5, 5.41) is 10.4. The van der Waals surface area contributed by atoms with Crippen LogP contribution in [0, 0.1) is 5.92 Å². The summed E-state index contributed by atoms with van der Waals surface area (Å²) in [6.07, 6.45) is 6.07. The van der Waals surface area contributed by atoms with Crippen LogP contribution in [0.3, 0.4) is 0 Å². The molecule has 30 heavy (non-hydrogen) atoms. The van der Waals surface area contributed by atoms with Crippen molar-refractivity contribution in [3.63, 3.8) is 0 Å². The molecule has 0 radical (unpaired) electrons. The molecular weight excluding hydrogens is 421 g/mol. The number of H-pyrrole nitrogens is 1. The third-order valence-electron chi connectivity index (χ3n) is 5.40. The molecule has 0 unspecified atom stereocenters. The molecule has 1 fully saturated rings. The number of furan rings is 1. The van der Waals surface area contributed by atoms with E-state index >= 15 is 0 Å². The summed E-state index contributed by atoms with van der Waals surface area (Å²) in [5.41, 5.74) is 3.97. The predicted octanol–water partition coefficient (Wildman–Crippen LogP) is 5.04. The molecule has 0 bridgehead atoms. The largest absolute Gasteiger partial charge is 0.453 e. The van der Waals surface area contributed by atoms with Crippen molar-refractivity contribution >= 4 is 24.8 Å². The first-order valence-corrected chi connectivity index (χ1v) is 9.80. The molecule has 0 saturated carbocycles. The molecule has 4 heterocycles. The molecular formula is C22H25Cl2N5O. The second kappa shape index (κ2) is 9.98. The van der Waals surface area contributed by atoms with Gasteiger partial charge in [0, 0.05) is 18.3 Å². The maximum atomic E-state index is 6.22. The molecule has 1 aromatic carbocycles. The molecule has 5 rings (SSSR count).